The molecule has 0 bridgehead atoms. The highest BCUT2D eigenvalue weighted by Crippen LogP contribution is 2.26. The van der Waals surface area contributed by atoms with E-state index in [0.29, 0.717) is 24.2 Å². The van der Waals surface area contributed by atoms with E-state index in [4.69, 9.17) is 4.42 Å². The zero-order valence-electron chi connectivity index (χ0n) is 13.5. The van der Waals surface area contributed by atoms with Crippen molar-refractivity contribution in [3.05, 3.63) is 36.7 Å². The summed E-state index contributed by atoms with van der Waals surface area (Å²) in [6, 6.07) is 3.59. The van der Waals surface area contributed by atoms with E-state index in [9.17, 15) is 4.79 Å². The fourth-order valence-corrected chi connectivity index (χ4v) is 2.77. The summed E-state index contributed by atoms with van der Waals surface area (Å²) >= 11 is 1.26. The Balaban J connectivity index is 2.03. The Bertz CT molecular complexity index is 672. The minimum absolute atomic E-state index is 0.0316. The van der Waals surface area contributed by atoms with Crippen LogP contribution in [0.25, 0.3) is 11.5 Å². The van der Waals surface area contributed by atoms with Crippen LogP contribution in [0.1, 0.15) is 20.8 Å². The highest BCUT2D eigenvalue weighted by Gasteiger charge is 2.23. The number of carbonyl (C=O) groups is 1. The summed E-state index contributed by atoms with van der Waals surface area (Å²) in [5, 5.41) is 8.08. The molecule has 122 valence electrons. The van der Waals surface area contributed by atoms with Gasteiger partial charge in [0, 0.05) is 31.0 Å². The number of rotatable bonds is 7. The summed E-state index contributed by atoms with van der Waals surface area (Å²) in [5.74, 6) is 0.452. The van der Waals surface area contributed by atoms with E-state index in [-0.39, 0.29) is 11.2 Å². The van der Waals surface area contributed by atoms with Crippen molar-refractivity contribution in [3.63, 3.8) is 0 Å². The van der Waals surface area contributed by atoms with Crippen LogP contribution in [0.4, 0.5) is 0 Å². The van der Waals surface area contributed by atoms with Crippen molar-refractivity contribution < 1.29 is 9.21 Å². The van der Waals surface area contributed by atoms with E-state index in [0.717, 1.165) is 11.1 Å². The number of thioether (sulfide) groups is 1. The van der Waals surface area contributed by atoms with E-state index in [1.807, 2.05) is 20.8 Å². The van der Waals surface area contributed by atoms with Crippen molar-refractivity contribution >= 4 is 17.7 Å². The smallest absolute Gasteiger partial charge is 0.277 e. The van der Waals surface area contributed by atoms with Crippen molar-refractivity contribution in [2.24, 2.45) is 0 Å². The molecule has 0 spiro atoms. The van der Waals surface area contributed by atoms with Crippen LogP contribution < -0.4 is 0 Å². The number of nitrogens with zero attached hydrogens (tertiary/aromatic N) is 4. The molecule has 0 aliphatic carbocycles. The Morgan fingerprint density at radius 1 is 1.39 bits per heavy atom. The standard InChI is InChI=1S/C16H20N4O2S/c1-5-20(10-11(2)3)15(21)12(4)23-16-19-18-14(22-16)13-6-8-17-9-7-13/h6-9,12H,2,5,10H2,1,3-4H3/t12-/m0/s1. The fourth-order valence-electron chi connectivity index (χ4n) is 2.00. The van der Waals surface area contributed by atoms with E-state index < -0.39 is 0 Å². The van der Waals surface area contributed by atoms with Gasteiger partial charge in [-0.1, -0.05) is 23.9 Å². The molecule has 1 atom stereocenters. The maximum atomic E-state index is 12.5. The first-order valence-electron chi connectivity index (χ1n) is 7.35. The molecular formula is C16H20N4O2S. The van der Waals surface area contributed by atoms with Crippen molar-refractivity contribution in [3.8, 4) is 11.5 Å². The topological polar surface area (TPSA) is 72.1 Å². The third-order valence-electron chi connectivity index (χ3n) is 3.11. The number of amides is 1. The summed E-state index contributed by atoms with van der Waals surface area (Å²) in [7, 11) is 0. The number of pyridine rings is 1. The predicted octanol–water partition coefficient (Wildman–Crippen LogP) is 3.04. The van der Waals surface area contributed by atoms with Gasteiger partial charge in [0.15, 0.2) is 0 Å². The van der Waals surface area contributed by atoms with E-state index in [1.165, 1.54) is 11.8 Å². The van der Waals surface area contributed by atoms with Gasteiger partial charge in [0.05, 0.1) is 5.25 Å². The fraction of sp³-hybridized carbons (Fsp3) is 0.375. The third kappa shape index (κ3) is 4.66. The zero-order valence-corrected chi connectivity index (χ0v) is 14.3. The monoisotopic (exact) mass is 332 g/mol. The van der Waals surface area contributed by atoms with Gasteiger partial charge in [-0.15, -0.1) is 10.2 Å². The van der Waals surface area contributed by atoms with Crippen molar-refractivity contribution in [2.45, 2.75) is 31.2 Å². The first-order chi connectivity index (χ1) is 11.0. The van der Waals surface area contributed by atoms with Gasteiger partial charge in [0.25, 0.3) is 5.22 Å². The second-order valence-corrected chi connectivity index (χ2v) is 6.47. The third-order valence-corrected chi connectivity index (χ3v) is 4.04. The SMILES string of the molecule is C=C(C)CN(CC)C(=O)[C@H](C)Sc1nnc(-c2ccncc2)o1. The lowest BCUT2D eigenvalue weighted by atomic mass is 10.3. The quantitative estimate of drug-likeness (QED) is 0.573. The lowest BCUT2D eigenvalue weighted by Crippen LogP contribution is -2.37. The number of hydrogen-bond donors (Lipinski definition) is 0. The van der Waals surface area contributed by atoms with Crippen molar-refractivity contribution in [1.29, 1.82) is 0 Å². The molecule has 0 saturated carbocycles. The molecule has 0 saturated heterocycles. The van der Waals surface area contributed by atoms with Gasteiger partial charge in [0.1, 0.15) is 0 Å². The Morgan fingerprint density at radius 2 is 2.09 bits per heavy atom. The summed E-state index contributed by atoms with van der Waals surface area (Å²) in [6.07, 6.45) is 3.32. The summed E-state index contributed by atoms with van der Waals surface area (Å²) in [6.45, 7) is 10.8. The molecule has 1 amide bonds. The molecule has 0 aromatic carbocycles. The first kappa shape index (κ1) is 17.2. The first-order valence-corrected chi connectivity index (χ1v) is 8.23. The van der Waals surface area contributed by atoms with Gasteiger partial charge in [-0.25, -0.2) is 0 Å². The van der Waals surface area contributed by atoms with Gasteiger partial charge in [-0.05, 0) is 32.9 Å². The molecular weight excluding hydrogens is 312 g/mol. The minimum Gasteiger partial charge on any atom is -0.411 e. The molecule has 23 heavy (non-hydrogen) atoms. The second-order valence-electron chi connectivity index (χ2n) is 5.18. The summed E-state index contributed by atoms with van der Waals surface area (Å²) in [4.78, 5) is 18.2. The van der Waals surface area contributed by atoms with E-state index >= 15 is 0 Å². The maximum absolute atomic E-state index is 12.5. The number of aromatic nitrogens is 3. The van der Waals surface area contributed by atoms with Gasteiger partial charge in [0.2, 0.25) is 11.8 Å². The molecule has 0 radical (unpaired) electrons. The van der Waals surface area contributed by atoms with Crippen molar-refractivity contribution in [1.82, 2.24) is 20.1 Å². The summed E-state index contributed by atoms with van der Waals surface area (Å²) < 4.78 is 5.61. The normalized spacial score (nSPS) is 12.0. The van der Waals surface area contributed by atoms with E-state index in [2.05, 4.69) is 21.8 Å². The molecule has 2 aromatic heterocycles. The number of hydrogen-bond acceptors (Lipinski definition) is 6. The van der Waals surface area contributed by atoms with Crippen LogP contribution in [0.5, 0.6) is 0 Å². The highest BCUT2D eigenvalue weighted by atomic mass is 32.2. The predicted molar refractivity (Wildman–Crippen MR) is 89.9 cm³/mol. The Kier molecular flexibility index (Phi) is 5.92. The van der Waals surface area contributed by atoms with Crippen LogP contribution in [0.3, 0.4) is 0 Å². The van der Waals surface area contributed by atoms with Crippen LogP contribution in [0.15, 0.2) is 46.3 Å². The summed E-state index contributed by atoms with van der Waals surface area (Å²) in [5.41, 5.74) is 1.76. The maximum Gasteiger partial charge on any atom is 0.277 e. The van der Waals surface area contributed by atoms with Crippen molar-refractivity contribution in [2.75, 3.05) is 13.1 Å². The highest BCUT2D eigenvalue weighted by molar-refractivity contribution is 8.00. The molecule has 0 aliphatic heterocycles. The molecule has 0 unspecified atom stereocenters. The molecule has 0 aliphatic rings. The van der Waals surface area contributed by atoms with Crippen LogP contribution in [0.2, 0.25) is 0 Å². The lowest BCUT2D eigenvalue weighted by Gasteiger charge is -2.23. The molecule has 2 rings (SSSR count). The van der Waals surface area contributed by atoms with Gasteiger partial charge in [-0.3, -0.25) is 9.78 Å². The lowest BCUT2D eigenvalue weighted by molar-refractivity contribution is -0.129. The van der Waals surface area contributed by atoms with Crippen LogP contribution in [0, 0.1) is 0 Å². The molecule has 0 N–H and O–H groups in total. The molecule has 7 heteroatoms. The minimum atomic E-state index is -0.306. The van der Waals surface area contributed by atoms with Gasteiger partial charge < -0.3 is 9.32 Å². The largest absolute Gasteiger partial charge is 0.411 e. The second kappa shape index (κ2) is 7.92. The Hall–Kier alpha value is -2.15. The van der Waals surface area contributed by atoms with Gasteiger partial charge in [-0.2, -0.15) is 0 Å². The Labute approximate surface area is 140 Å². The van der Waals surface area contributed by atoms with Crippen LogP contribution >= 0.6 is 11.8 Å². The molecule has 2 aromatic rings. The number of likely N-dealkylation sites (N-methyl/N-ethyl adjacent to an activating group) is 1. The Morgan fingerprint density at radius 3 is 2.70 bits per heavy atom. The van der Waals surface area contributed by atoms with Gasteiger partial charge >= 0.3 is 0 Å². The molecule has 0 fully saturated rings. The van der Waals surface area contributed by atoms with Crippen LogP contribution in [-0.2, 0) is 4.79 Å². The van der Waals surface area contributed by atoms with Crippen LogP contribution in [-0.4, -0.2) is 44.3 Å². The molecule has 6 nitrogen and oxygen atoms in total. The average Bonchev–Trinajstić information content (AvgIpc) is 3.01. The number of carbonyl (C=O) groups excluding carboxylic acids is 1. The zero-order chi connectivity index (χ0) is 16.8. The average molecular weight is 332 g/mol. The molecule has 2 heterocycles. The van der Waals surface area contributed by atoms with E-state index in [1.54, 1.807) is 29.4 Å².